The third-order valence-electron chi connectivity index (χ3n) is 4.15. The summed E-state index contributed by atoms with van der Waals surface area (Å²) in [7, 11) is -1.03. The molecule has 0 aromatic heterocycles. The Morgan fingerprint density at radius 1 is 0.654 bits per heavy atom. The highest BCUT2D eigenvalue weighted by atomic mass is 31.2. The fourth-order valence-electron chi connectivity index (χ4n) is 2.86. The Labute approximate surface area is 152 Å². The highest BCUT2D eigenvalue weighted by molar-refractivity contribution is 7.67. The average Bonchev–Trinajstić information content (AvgIpc) is 2.67. The van der Waals surface area contributed by atoms with Gasteiger partial charge in [-0.1, -0.05) is 36.4 Å². The average molecular weight is 371 g/mol. The Morgan fingerprint density at radius 2 is 1.15 bits per heavy atom. The van der Waals surface area contributed by atoms with Gasteiger partial charge in [-0.3, -0.25) is 0 Å². The normalized spacial score (nSPS) is 11.3. The molecule has 3 N–H and O–H groups in total. The lowest BCUT2D eigenvalue weighted by atomic mass is 9.94. The zero-order valence-electron chi connectivity index (χ0n) is 14.5. The summed E-state index contributed by atoms with van der Waals surface area (Å²) in [6, 6.07) is 19.7. The first kappa shape index (κ1) is 18.4. The first-order valence-electron chi connectivity index (χ1n) is 7.94. The monoisotopic (exact) mass is 371 g/mol. The first-order chi connectivity index (χ1) is 12.4. The summed E-state index contributed by atoms with van der Waals surface area (Å²) in [6.07, 6.45) is 0. The highest BCUT2D eigenvalue weighted by Crippen LogP contribution is 2.48. The van der Waals surface area contributed by atoms with Crippen LogP contribution in [-0.4, -0.2) is 28.9 Å². The number of ether oxygens (including phenoxy) is 2. The molecule has 0 aliphatic carbocycles. The number of hydrogen-bond acceptors (Lipinski definition) is 5. The molecule has 0 fully saturated rings. The van der Waals surface area contributed by atoms with E-state index in [1.807, 2.05) is 42.5 Å². The molecule has 6 heteroatoms. The van der Waals surface area contributed by atoms with Gasteiger partial charge in [0.2, 0.25) is 0 Å². The predicted molar refractivity (Wildman–Crippen MR) is 104 cm³/mol. The molecule has 0 aliphatic rings. The second-order valence-corrected chi connectivity index (χ2v) is 7.34. The Bertz CT molecular complexity index is 884. The fraction of sp³-hybridized carbons (Fsp3) is 0.100. The van der Waals surface area contributed by atoms with Crippen molar-refractivity contribution in [3.8, 4) is 33.8 Å². The van der Waals surface area contributed by atoms with E-state index in [1.165, 1.54) is 6.07 Å². The lowest BCUT2D eigenvalue weighted by Gasteiger charge is -2.15. The van der Waals surface area contributed by atoms with Crippen molar-refractivity contribution in [1.29, 1.82) is 0 Å². The van der Waals surface area contributed by atoms with E-state index < -0.39 is 7.94 Å². The molecule has 3 aromatic rings. The van der Waals surface area contributed by atoms with E-state index in [2.05, 4.69) is 0 Å². The molecular formula is C20H20O5P+. The smallest absolute Gasteiger partial charge is 0.441 e. The van der Waals surface area contributed by atoms with Crippen LogP contribution in [0.2, 0.25) is 0 Å². The summed E-state index contributed by atoms with van der Waals surface area (Å²) in [5, 5.41) is 0.107. The quantitative estimate of drug-likeness (QED) is 0.599. The molecule has 3 aromatic carbocycles. The largest absolute Gasteiger partial charge is 0.497 e. The Balaban J connectivity index is 2.23. The molecule has 0 aliphatic heterocycles. The summed E-state index contributed by atoms with van der Waals surface area (Å²) in [4.78, 5) is 29.9. The van der Waals surface area contributed by atoms with Gasteiger partial charge in [-0.15, -0.1) is 0 Å². The standard InChI is InChI=1S/C20H20O5P/c1-24-16-10-6-14(7-11-16)18-4-3-5-19(26(21,22)23)20(18)15-8-12-17(25-2)13-9-15/h3-13,21-23H,1-2H3/q+1. The van der Waals surface area contributed by atoms with Gasteiger partial charge in [0.1, 0.15) is 11.5 Å². The van der Waals surface area contributed by atoms with Crippen molar-refractivity contribution in [2.45, 2.75) is 0 Å². The summed E-state index contributed by atoms with van der Waals surface area (Å²) in [5.41, 5.74) is 2.96. The maximum atomic E-state index is 9.96. The van der Waals surface area contributed by atoms with Crippen molar-refractivity contribution in [3.05, 3.63) is 66.7 Å². The third kappa shape index (κ3) is 3.71. The van der Waals surface area contributed by atoms with E-state index in [0.717, 1.165) is 22.4 Å². The van der Waals surface area contributed by atoms with Gasteiger partial charge in [0.05, 0.1) is 14.2 Å². The molecule has 0 saturated heterocycles. The fourth-order valence-corrected chi connectivity index (χ4v) is 3.70. The number of benzene rings is 3. The van der Waals surface area contributed by atoms with E-state index in [9.17, 15) is 14.7 Å². The van der Waals surface area contributed by atoms with Crippen LogP contribution in [0.1, 0.15) is 0 Å². The van der Waals surface area contributed by atoms with Crippen LogP contribution in [0.3, 0.4) is 0 Å². The maximum absolute atomic E-state index is 9.96. The molecule has 0 atom stereocenters. The van der Waals surface area contributed by atoms with Crippen molar-refractivity contribution in [1.82, 2.24) is 0 Å². The minimum absolute atomic E-state index is 0.107. The molecule has 0 saturated carbocycles. The minimum Gasteiger partial charge on any atom is -0.497 e. The molecule has 134 valence electrons. The molecule has 3 rings (SSSR count). The van der Waals surface area contributed by atoms with Crippen molar-refractivity contribution in [2.24, 2.45) is 0 Å². The van der Waals surface area contributed by atoms with Crippen LogP contribution < -0.4 is 14.8 Å². The highest BCUT2D eigenvalue weighted by Gasteiger charge is 2.38. The SMILES string of the molecule is COc1ccc(-c2cccc([P+](O)(O)O)c2-c2ccc(OC)cc2)cc1. The molecule has 0 radical (unpaired) electrons. The number of rotatable bonds is 5. The van der Waals surface area contributed by atoms with Crippen LogP contribution in [0.25, 0.3) is 22.3 Å². The van der Waals surface area contributed by atoms with Gasteiger partial charge in [-0.25, -0.2) is 0 Å². The molecular weight excluding hydrogens is 351 g/mol. The maximum Gasteiger partial charge on any atom is 0.441 e. The second kappa shape index (κ2) is 7.44. The van der Waals surface area contributed by atoms with E-state index in [0.29, 0.717) is 11.3 Å². The summed E-state index contributed by atoms with van der Waals surface area (Å²) < 4.78 is 10.4. The van der Waals surface area contributed by atoms with E-state index >= 15 is 0 Å². The number of methoxy groups -OCH3 is 2. The van der Waals surface area contributed by atoms with Crippen molar-refractivity contribution < 1.29 is 24.2 Å². The van der Waals surface area contributed by atoms with Crippen LogP contribution in [-0.2, 0) is 0 Å². The third-order valence-corrected chi connectivity index (χ3v) is 5.16. The van der Waals surface area contributed by atoms with Crippen molar-refractivity contribution >= 4 is 13.2 Å². The van der Waals surface area contributed by atoms with E-state index in [4.69, 9.17) is 9.47 Å². The Kier molecular flexibility index (Phi) is 5.25. The molecule has 0 spiro atoms. The van der Waals surface area contributed by atoms with E-state index in [1.54, 1.807) is 32.4 Å². The molecule has 0 heterocycles. The van der Waals surface area contributed by atoms with Gasteiger partial charge in [0.15, 0.2) is 5.30 Å². The molecule has 0 unspecified atom stereocenters. The summed E-state index contributed by atoms with van der Waals surface area (Å²) >= 11 is 0. The van der Waals surface area contributed by atoms with Gasteiger partial charge >= 0.3 is 7.94 Å². The molecule has 0 bridgehead atoms. The zero-order chi connectivity index (χ0) is 18.7. The topological polar surface area (TPSA) is 79.2 Å². The van der Waals surface area contributed by atoms with Crippen LogP contribution >= 0.6 is 7.94 Å². The van der Waals surface area contributed by atoms with Crippen LogP contribution in [0.5, 0.6) is 11.5 Å². The molecule has 26 heavy (non-hydrogen) atoms. The summed E-state index contributed by atoms with van der Waals surface area (Å²) in [6.45, 7) is 0. The number of hydrogen-bond donors (Lipinski definition) is 3. The van der Waals surface area contributed by atoms with Crippen molar-refractivity contribution in [3.63, 3.8) is 0 Å². The minimum atomic E-state index is -4.21. The van der Waals surface area contributed by atoms with E-state index in [-0.39, 0.29) is 5.30 Å². The summed E-state index contributed by atoms with van der Waals surface area (Å²) in [5.74, 6) is 1.42. The lowest BCUT2D eigenvalue weighted by Crippen LogP contribution is -2.13. The van der Waals surface area contributed by atoms with Gasteiger partial charge in [0, 0.05) is 5.56 Å². The molecule has 5 nitrogen and oxygen atoms in total. The van der Waals surface area contributed by atoms with Crippen LogP contribution in [0.15, 0.2) is 66.7 Å². The van der Waals surface area contributed by atoms with Gasteiger partial charge in [-0.05, 0) is 47.0 Å². The van der Waals surface area contributed by atoms with Crippen molar-refractivity contribution in [2.75, 3.05) is 14.2 Å². The lowest BCUT2D eigenvalue weighted by molar-refractivity contribution is 0.347. The Hall–Kier alpha value is -2.43. The van der Waals surface area contributed by atoms with Gasteiger partial charge in [0.25, 0.3) is 0 Å². The molecule has 0 amide bonds. The predicted octanol–water partition coefficient (Wildman–Crippen LogP) is 3.40. The first-order valence-corrected chi connectivity index (χ1v) is 9.58. The second-order valence-electron chi connectivity index (χ2n) is 5.73. The van der Waals surface area contributed by atoms with Crippen LogP contribution in [0, 0.1) is 0 Å². The zero-order valence-corrected chi connectivity index (χ0v) is 15.4. The van der Waals surface area contributed by atoms with Gasteiger partial charge < -0.3 is 9.47 Å². The van der Waals surface area contributed by atoms with Crippen LogP contribution in [0.4, 0.5) is 0 Å². The van der Waals surface area contributed by atoms with Gasteiger partial charge in [-0.2, -0.15) is 14.7 Å². The Morgan fingerprint density at radius 3 is 1.62 bits per heavy atom.